The molecule has 1 heterocycles. The Kier molecular flexibility index (Phi) is 11.1. The Morgan fingerprint density at radius 3 is 1.88 bits per heavy atom. The lowest BCUT2D eigenvalue weighted by atomic mass is 10.1. The minimum atomic E-state index is 0.422. The standard InChI is InChI=1S/C33H39N3O5/c1-35(2)28-10-5-8-26(20-28)24-36(25-27-9-6-11-29(21-27)37-3)33-15-14-32(23-34-33)41-19-17-39-16-18-40-31-13-7-12-30(22-31)38-4/h5-15,20-23H,16-19,24-25H2,1-4H3. The molecule has 41 heavy (non-hydrogen) atoms. The number of rotatable bonds is 16. The van der Waals surface area contributed by atoms with Crippen LogP contribution >= 0.6 is 0 Å². The molecule has 4 rings (SSSR count). The van der Waals surface area contributed by atoms with Gasteiger partial charge < -0.3 is 33.5 Å². The molecule has 216 valence electrons. The quantitative estimate of drug-likeness (QED) is 0.159. The monoisotopic (exact) mass is 557 g/mol. The van der Waals surface area contributed by atoms with Crippen LogP contribution in [0.1, 0.15) is 11.1 Å². The summed E-state index contributed by atoms with van der Waals surface area (Å²) in [6, 6.07) is 28.1. The Hall–Kier alpha value is -4.43. The molecule has 4 aromatic rings. The van der Waals surface area contributed by atoms with Gasteiger partial charge in [-0.1, -0.05) is 30.3 Å². The Labute approximate surface area is 243 Å². The fraction of sp³-hybridized carbons (Fsp3) is 0.303. The molecule has 0 aliphatic heterocycles. The molecule has 0 saturated heterocycles. The van der Waals surface area contributed by atoms with Crippen LogP contribution in [0.3, 0.4) is 0 Å². The molecule has 1 aromatic heterocycles. The van der Waals surface area contributed by atoms with Gasteiger partial charge >= 0.3 is 0 Å². The molecule has 0 saturated carbocycles. The van der Waals surface area contributed by atoms with Gasteiger partial charge in [-0.25, -0.2) is 4.98 Å². The first-order chi connectivity index (χ1) is 20.0. The average Bonchev–Trinajstić information content (AvgIpc) is 3.01. The zero-order chi connectivity index (χ0) is 28.9. The Bertz CT molecular complexity index is 1350. The predicted octanol–water partition coefficient (Wildman–Crippen LogP) is 5.85. The van der Waals surface area contributed by atoms with Gasteiger partial charge in [0.15, 0.2) is 0 Å². The van der Waals surface area contributed by atoms with E-state index < -0.39 is 0 Å². The van der Waals surface area contributed by atoms with Crippen LogP contribution in [0, 0.1) is 0 Å². The molecule has 0 unspecified atom stereocenters. The summed E-state index contributed by atoms with van der Waals surface area (Å²) in [6.45, 7) is 3.18. The number of hydrogen-bond acceptors (Lipinski definition) is 8. The maximum atomic E-state index is 5.86. The first kappa shape index (κ1) is 29.6. The van der Waals surface area contributed by atoms with Gasteiger partial charge in [-0.05, 0) is 59.7 Å². The van der Waals surface area contributed by atoms with Gasteiger partial charge in [-0.2, -0.15) is 0 Å². The van der Waals surface area contributed by atoms with Crippen LogP contribution in [-0.2, 0) is 17.8 Å². The zero-order valence-electron chi connectivity index (χ0n) is 24.3. The van der Waals surface area contributed by atoms with Crippen LogP contribution in [-0.4, -0.2) is 59.7 Å². The van der Waals surface area contributed by atoms with Crippen LogP contribution in [0.15, 0.2) is 91.1 Å². The summed E-state index contributed by atoms with van der Waals surface area (Å²) in [7, 11) is 7.42. The number of nitrogens with zero attached hydrogens (tertiary/aromatic N) is 3. The van der Waals surface area contributed by atoms with Crippen molar-refractivity contribution in [2.45, 2.75) is 13.1 Å². The van der Waals surface area contributed by atoms with Crippen molar-refractivity contribution in [3.8, 4) is 23.0 Å². The van der Waals surface area contributed by atoms with Crippen molar-refractivity contribution in [1.29, 1.82) is 0 Å². The first-order valence-electron chi connectivity index (χ1n) is 13.6. The normalized spacial score (nSPS) is 10.6. The highest BCUT2D eigenvalue weighted by molar-refractivity contribution is 5.49. The Morgan fingerprint density at radius 2 is 1.22 bits per heavy atom. The maximum Gasteiger partial charge on any atom is 0.137 e. The van der Waals surface area contributed by atoms with E-state index in [0.29, 0.717) is 45.3 Å². The van der Waals surface area contributed by atoms with E-state index in [9.17, 15) is 0 Å². The Morgan fingerprint density at radius 1 is 0.610 bits per heavy atom. The second-order valence-corrected chi connectivity index (χ2v) is 9.61. The topological polar surface area (TPSA) is 65.5 Å². The SMILES string of the molecule is COc1cccc(CN(Cc2cccc(N(C)C)c2)c2ccc(OCCOCCOc3cccc(OC)c3)cn2)c1. The third-order valence-corrected chi connectivity index (χ3v) is 6.39. The number of pyridine rings is 1. The van der Waals surface area contributed by atoms with Crippen LogP contribution in [0.25, 0.3) is 0 Å². The average molecular weight is 558 g/mol. The van der Waals surface area contributed by atoms with Crippen molar-refractivity contribution in [2.75, 3.05) is 64.5 Å². The summed E-state index contributed by atoms with van der Waals surface area (Å²) in [5, 5.41) is 0. The molecule has 0 radical (unpaired) electrons. The summed E-state index contributed by atoms with van der Waals surface area (Å²) < 4.78 is 27.9. The Balaban J connectivity index is 1.31. The molecule has 0 bridgehead atoms. The predicted molar refractivity (Wildman–Crippen MR) is 163 cm³/mol. The van der Waals surface area contributed by atoms with Crippen molar-refractivity contribution < 1.29 is 23.7 Å². The van der Waals surface area contributed by atoms with Gasteiger partial charge in [-0.3, -0.25) is 0 Å². The second-order valence-electron chi connectivity index (χ2n) is 9.61. The van der Waals surface area contributed by atoms with Gasteiger partial charge in [0.25, 0.3) is 0 Å². The fourth-order valence-corrected chi connectivity index (χ4v) is 4.24. The maximum absolute atomic E-state index is 5.86. The van der Waals surface area contributed by atoms with Crippen LogP contribution in [0.2, 0.25) is 0 Å². The van der Waals surface area contributed by atoms with E-state index in [1.165, 1.54) is 5.56 Å². The summed E-state index contributed by atoms with van der Waals surface area (Å²) in [6.07, 6.45) is 1.76. The number of hydrogen-bond donors (Lipinski definition) is 0. The first-order valence-corrected chi connectivity index (χ1v) is 13.6. The van der Waals surface area contributed by atoms with E-state index in [4.69, 9.17) is 28.7 Å². The van der Waals surface area contributed by atoms with Gasteiger partial charge in [0, 0.05) is 38.9 Å². The molecular formula is C33H39N3O5. The van der Waals surface area contributed by atoms with Crippen molar-refractivity contribution in [1.82, 2.24) is 4.98 Å². The van der Waals surface area contributed by atoms with Crippen LogP contribution in [0.5, 0.6) is 23.0 Å². The van der Waals surface area contributed by atoms with Gasteiger partial charge in [-0.15, -0.1) is 0 Å². The minimum absolute atomic E-state index is 0.422. The second kappa shape index (κ2) is 15.4. The van der Waals surface area contributed by atoms with Crippen molar-refractivity contribution in [3.63, 3.8) is 0 Å². The number of ether oxygens (including phenoxy) is 5. The van der Waals surface area contributed by atoms with E-state index in [1.807, 2.05) is 48.5 Å². The third-order valence-electron chi connectivity index (χ3n) is 6.39. The van der Waals surface area contributed by atoms with E-state index in [0.717, 1.165) is 34.3 Å². The van der Waals surface area contributed by atoms with E-state index >= 15 is 0 Å². The fourth-order valence-electron chi connectivity index (χ4n) is 4.24. The molecule has 0 N–H and O–H groups in total. The van der Waals surface area contributed by atoms with E-state index in [-0.39, 0.29) is 0 Å². The van der Waals surface area contributed by atoms with Gasteiger partial charge in [0.1, 0.15) is 42.0 Å². The highest BCUT2D eigenvalue weighted by Gasteiger charge is 2.12. The van der Waals surface area contributed by atoms with Crippen molar-refractivity contribution in [3.05, 3.63) is 102 Å². The molecule has 0 spiro atoms. The minimum Gasteiger partial charge on any atom is -0.497 e. The smallest absolute Gasteiger partial charge is 0.137 e. The largest absolute Gasteiger partial charge is 0.497 e. The summed E-state index contributed by atoms with van der Waals surface area (Å²) in [5.41, 5.74) is 3.51. The number of anilines is 2. The number of aromatic nitrogens is 1. The summed E-state index contributed by atoms with van der Waals surface area (Å²) in [5.74, 6) is 3.91. The molecule has 0 aliphatic rings. The molecule has 0 atom stereocenters. The number of benzene rings is 3. The lowest BCUT2D eigenvalue weighted by Crippen LogP contribution is -2.23. The number of methoxy groups -OCH3 is 2. The molecule has 0 amide bonds. The van der Waals surface area contributed by atoms with Gasteiger partial charge in [0.2, 0.25) is 0 Å². The molecule has 0 aliphatic carbocycles. The third kappa shape index (κ3) is 9.32. The van der Waals surface area contributed by atoms with Crippen molar-refractivity contribution in [2.24, 2.45) is 0 Å². The molecule has 0 fully saturated rings. The highest BCUT2D eigenvalue weighted by Crippen LogP contribution is 2.24. The zero-order valence-corrected chi connectivity index (χ0v) is 24.3. The molecular weight excluding hydrogens is 518 g/mol. The van der Waals surface area contributed by atoms with Gasteiger partial charge in [0.05, 0.1) is 33.6 Å². The molecule has 8 heteroatoms. The highest BCUT2D eigenvalue weighted by atomic mass is 16.5. The van der Waals surface area contributed by atoms with E-state index in [1.54, 1.807) is 20.4 Å². The summed E-state index contributed by atoms with van der Waals surface area (Å²) >= 11 is 0. The lowest BCUT2D eigenvalue weighted by molar-refractivity contribution is 0.0763. The lowest BCUT2D eigenvalue weighted by Gasteiger charge is -2.25. The van der Waals surface area contributed by atoms with E-state index in [2.05, 4.69) is 60.3 Å². The summed E-state index contributed by atoms with van der Waals surface area (Å²) in [4.78, 5) is 9.09. The van der Waals surface area contributed by atoms with Crippen LogP contribution in [0.4, 0.5) is 11.5 Å². The van der Waals surface area contributed by atoms with Crippen LogP contribution < -0.4 is 28.7 Å². The van der Waals surface area contributed by atoms with Crippen molar-refractivity contribution >= 4 is 11.5 Å². The molecule has 8 nitrogen and oxygen atoms in total. The molecule has 3 aromatic carbocycles.